The molecule has 0 saturated heterocycles. The molecule has 0 atom stereocenters. The van der Waals surface area contributed by atoms with Crippen molar-refractivity contribution in [2.45, 2.75) is 27.4 Å². The maximum Gasteiger partial charge on any atom is 0.387 e. The number of ether oxygens (including phenoxy) is 2. The fourth-order valence-electron chi connectivity index (χ4n) is 3.36. The molecule has 0 amide bonds. The lowest BCUT2D eigenvalue weighted by atomic mass is 10.1. The zero-order valence-corrected chi connectivity index (χ0v) is 18.0. The number of carbonyl (C=O) groups is 2. The second kappa shape index (κ2) is 8.89. The fourth-order valence-corrected chi connectivity index (χ4v) is 3.61. The summed E-state index contributed by atoms with van der Waals surface area (Å²) in [7, 11) is 1.60. The first kappa shape index (κ1) is 22.5. The summed E-state index contributed by atoms with van der Waals surface area (Å²) >= 11 is 6.06. The number of aromatic nitrogens is 3. The summed E-state index contributed by atoms with van der Waals surface area (Å²) < 4.78 is 37.3. The van der Waals surface area contributed by atoms with E-state index in [9.17, 15) is 18.4 Å². The van der Waals surface area contributed by atoms with Gasteiger partial charge in [-0.25, -0.2) is 4.79 Å². The van der Waals surface area contributed by atoms with Crippen LogP contribution >= 0.6 is 11.6 Å². The summed E-state index contributed by atoms with van der Waals surface area (Å²) in [5, 5.41) is 4.18. The average Bonchev–Trinajstić information content (AvgIpc) is 3.14. The predicted molar refractivity (Wildman–Crippen MR) is 109 cm³/mol. The SMILES string of the molecule is Cc1nn(C)c(Cl)c1C(=O)OCC(=O)c1cc(C)n(-c2ccc(OC(F)F)cc2)c1C. The second-order valence-corrected chi connectivity index (χ2v) is 7.22. The van der Waals surface area contributed by atoms with Crippen molar-refractivity contribution in [1.29, 1.82) is 0 Å². The molecule has 10 heteroatoms. The molecule has 164 valence electrons. The molecule has 2 aromatic heterocycles. The van der Waals surface area contributed by atoms with Crippen LogP contribution in [0.3, 0.4) is 0 Å². The summed E-state index contributed by atoms with van der Waals surface area (Å²) in [6.45, 7) is 1.80. The lowest BCUT2D eigenvalue weighted by Gasteiger charge is -2.11. The molecule has 0 aliphatic carbocycles. The van der Waals surface area contributed by atoms with Gasteiger partial charge in [0.05, 0.1) is 5.69 Å². The standard InChI is InChI=1S/C21H20ClF2N3O4/c1-11-9-16(13(3)27(11)14-5-7-15(8-6-14)31-21(23)24)17(28)10-30-20(29)18-12(2)25-26(4)19(18)22/h5-9,21H,10H2,1-4H3. The number of esters is 1. The molecule has 7 nitrogen and oxygen atoms in total. The van der Waals surface area contributed by atoms with E-state index in [1.807, 2.05) is 0 Å². The monoisotopic (exact) mass is 451 g/mol. The number of halogens is 3. The first-order valence-electron chi connectivity index (χ1n) is 9.23. The van der Waals surface area contributed by atoms with Crippen LogP contribution in [0.15, 0.2) is 30.3 Å². The van der Waals surface area contributed by atoms with Crippen molar-refractivity contribution in [3.8, 4) is 11.4 Å². The van der Waals surface area contributed by atoms with Gasteiger partial charge in [-0.05, 0) is 51.1 Å². The molecular formula is C21H20ClF2N3O4. The Morgan fingerprint density at radius 1 is 1.16 bits per heavy atom. The summed E-state index contributed by atoms with van der Waals surface area (Å²) in [6.07, 6.45) is 0. The highest BCUT2D eigenvalue weighted by atomic mass is 35.5. The van der Waals surface area contributed by atoms with Crippen LogP contribution in [0.5, 0.6) is 5.75 Å². The summed E-state index contributed by atoms with van der Waals surface area (Å²) in [4.78, 5) is 25.0. The quantitative estimate of drug-likeness (QED) is 0.392. The highest BCUT2D eigenvalue weighted by Gasteiger charge is 2.23. The Bertz CT molecular complexity index is 1140. The number of ketones is 1. The molecule has 0 aliphatic rings. The number of hydrogen-bond donors (Lipinski definition) is 0. The van der Waals surface area contributed by atoms with E-state index in [-0.39, 0.29) is 22.2 Å². The van der Waals surface area contributed by atoms with Crippen molar-refractivity contribution in [2.75, 3.05) is 6.61 Å². The van der Waals surface area contributed by atoms with E-state index in [4.69, 9.17) is 16.3 Å². The van der Waals surface area contributed by atoms with Crippen LogP contribution in [-0.2, 0) is 11.8 Å². The molecule has 3 rings (SSSR count). The number of alkyl halides is 2. The molecule has 0 bridgehead atoms. The van der Waals surface area contributed by atoms with Crippen LogP contribution in [-0.4, -0.2) is 39.3 Å². The Morgan fingerprint density at radius 3 is 2.35 bits per heavy atom. The summed E-state index contributed by atoms with van der Waals surface area (Å²) in [6, 6.07) is 7.74. The molecule has 0 radical (unpaired) electrons. The molecule has 0 N–H and O–H groups in total. The Morgan fingerprint density at radius 2 is 1.81 bits per heavy atom. The van der Waals surface area contributed by atoms with Crippen LogP contribution in [0.2, 0.25) is 5.15 Å². The van der Waals surface area contributed by atoms with E-state index in [1.54, 1.807) is 50.6 Å². The van der Waals surface area contributed by atoms with Crippen molar-refractivity contribution in [3.63, 3.8) is 0 Å². The largest absolute Gasteiger partial charge is 0.454 e. The van der Waals surface area contributed by atoms with Crippen molar-refractivity contribution in [2.24, 2.45) is 7.05 Å². The molecular weight excluding hydrogens is 432 g/mol. The smallest absolute Gasteiger partial charge is 0.387 e. The highest BCUT2D eigenvalue weighted by molar-refractivity contribution is 6.32. The first-order valence-corrected chi connectivity index (χ1v) is 9.61. The van der Waals surface area contributed by atoms with Crippen LogP contribution in [0.25, 0.3) is 5.69 Å². The van der Waals surface area contributed by atoms with Crippen molar-refractivity contribution >= 4 is 23.4 Å². The van der Waals surface area contributed by atoms with Gasteiger partial charge in [-0.3, -0.25) is 9.48 Å². The topological polar surface area (TPSA) is 75.4 Å². The Labute approximate surface area is 182 Å². The third kappa shape index (κ3) is 4.61. The minimum absolute atomic E-state index is 0.0359. The number of aryl methyl sites for hydroxylation is 3. The zero-order valence-electron chi connectivity index (χ0n) is 17.3. The number of nitrogens with zero attached hydrogens (tertiary/aromatic N) is 3. The average molecular weight is 452 g/mol. The van der Waals surface area contributed by atoms with Gasteiger partial charge in [0.15, 0.2) is 6.61 Å². The number of hydrogen-bond acceptors (Lipinski definition) is 5. The van der Waals surface area contributed by atoms with Crippen molar-refractivity contribution in [3.05, 3.63) is 63.7 Å². The molecule has 0 fully saturated rings. The van der Waals surface area contributed by atoms with Gasteiger partial charge in [-0.2, -0.15) is 13.9 Å². The van der Waals surface area contributed by atoms with Crippen molar-refractivity contribution in [1.82, 2.24) is 14.3 Å². The summed E-state index contributed by atoms with van der Waals surface area (Å²) in [5.74, 6) is -1.08. The first-order chi connectivity index (χ1) is 14.6. The van der Waals surface area contributed by atoms with Gasteiger partial charge >= 0.3 is 12.6 Å². The molecule has 0 spiro atoms. The van der Waals surface area contributed by atoms with Gasteiger partial charge in [-0.15, -0.1) is 0 Å². The third-order valence-corrected chi connectivity index (χ3v) is 5.18. The molecule has 3 aromatic rings. The third-order valence-electron chi connectivity index (χ3n) is 4.74. The second-order valence-electron chi connectivity index (χ2n) is 6.87. The van der Waals surface area contributed by atoms with Crippen LogP contribution in [0.4, 0.5) is 8.78 Å². The zero-order chi connectivity index (χ0) is 22.9. The normalized spacial score (nSPS) is 11.1. The van der Waals surface area contributed by atoms with Gasteiger partial charge < -0.3 is 14.0 Å². The van der Waals surface area contributed by atoms with E-state index < -0.39 is 19.2 Å². The lowest BCUT2D eigenvalue weighted by Crippen LogP contribution is -2.15. The van der Waals surface area contributed by atoms with Crippen LogP contribution in [0.1, 0.15) is 37.8 Å². The minimum Gasteiger partial charge on any atom is -0.454 e. The number of rotatable bonds is 7. The van der Waals surface area contributed by atoms with Crippen LogP contribution < -0.4 is 4.74 Å². The van der Waals surface area contributed by atoms with Crippen LogP contribution in [0, 0.1) is 20.8 Å². The number of Topliss-reactive ketones (excluding diaryl/α,β-unsaturated/α-hetero) is 1. The maximum absolute atomic E-state index is 12.7. The van der Waals surface area contributed by atoms with Gasteiger partial charge in [0.1, 0.15) is 16.5 Å². The van der Waals surface area contributed by atoms with Gasteiger partial charge in [0.2, 0.25) is 5.78 Å². The molecule has 2 heterocycles. The van der Waals surface area contributed by atoms with Gasteiger partial charge in [0.25, 0.3) is 0 Å². The highest BCUT2D eigenvalue weighted by Crippen LogP contribution is 2.24. The van der Waals surface area contributed by atoms with E-state index in [0.29, 0.717) is 22.6 Å². The van der Waals surface area contributed by atoms with E-state index in [2.05, 4.69) is 9.84 Å². The lowest BCUT2D eigenvalue weighted by molar-refractivity contribution is -0.0498. The van der Waals surface area contributed by atoms with Crippen molar-refractivity contribution < 1.29 is 27.8 Å². The van der Waals surface area contributed by atoms with E-state index in [0.717, 1.165) is 5.69 Å². The number of carbonyl (C=O) groups excluding carboxylic acids is 2. The molecule has 0 saturated carbocycles. The Balaban J connectivity index is 1.76. The van der Waals surface area contributed by atoms with E-state index in [1.165, 1.54) is 16.8 Å². The number of benzene rings is 1. The Kier molecular flexibility index (Phi) is 6.45. The van der Waals surface area contributed by atoms with E-state index >= 15 is 0 Å². The van der Waals surface area contributed by atoms with Gasteiger partial charge in [-0.1, -0.05) is 11.6 Å². The molecule has 31 heavy (non-hydrogen) atoms. The molecule has 1 aromatic carbocycles. The fraction of sp³-hybridized carbons (Fsp3) is 0.286. The molecule has 0 aliphatic heterocycles. The molecule has 0 unspecified atom stereocenters. The maximum atomic E-state index is 12.7. The van der Waals surface area contributed by atoms with Gasteiger partial charge in [0, 0.05) is 29.7 Å². The summed E-state index contributed by atoms with van der Waals surface area (Å²) in [5.41, 5.74) is 2.95. The predicted octanol–water partition coefficient (Wildman–Crippen LogP) is 4.43. The Hall–Kier alpha value is -3.20. The minimum atomic E-state index is -2.90.